The van der Waals surface area contributed by atoms with Crippen molar-refractivity contribution in [2.24, 2.45) is 7.05 Å². The lowest BCUT2D eigenvalue weighted by Crippen LogP contribution is -2.20. The first-order valence-electron chi connectivity index (χ1n) is 7.47. The number of hydrogen-bond donors (Lipinski definition) is 1. The molecule has 1 amide bonds. The number of benzene rings is 2. The SMILES string of the molecule is Cn1ccc(C(=O)Nc2ccc(F)cc2-c2ccc(F)cc2)cc1=O. The molecule has 1 N–H and O–H groups in total. The minimum absolute atomic E-state index is 0.192. The number of carbonyl (C=O) groups is 1. The average Bonchev–Trinajstić information content (AvgIpc) is 2.59. The van der Waals surface area contributed by atoms with E-state index in [0.717, 1.165) is 0 Å². The van der Waals surface area contributed by atoms with Crippen molar-refractivity contribution < 1.29 is 13.6 Å². The lowest BCUT2D eigenvalue weighted by molar-refractivity contribution is 0.102. The average molecular weight is 340 g/mol. The molecule has 3 aromatic rings. The molecule has 0 saturated heterocycles. The highest BCUT2D eigenvalue weighted by atomic mass is 19.1. The third kappa shape index (κ3) is 3.63. The molecule has 3 rings (SSSR count). The molecule has 1 aromatic heterocycles. The second-order valence-electron chi connectivity index (χ2n) is 5.52. The number of nitrogens with zero attached hydrogens (tertiary/aromatic N) is 1. The summed E-state index contributed by atoms with van der Waals surface area (Å²) in [7, 11) is 1.58. The van der Waals surface area contributed by atoms with E-state index in [1.165, 1.54) is 65.4 Å². The quantitative estimate of drug-likeness (QED) is 0.792. The summed E-state index contributed by atoms with van der Waals surface area (Å²) in [5.41, 5.74) is 1.21. The summed E-state index contributed by atoms with van der Waals surface area (Å²) in [6.07, 6.45) is 1.49. The Labute approximate surface area is 142 Å². The summed E-state index contributed by atoms with van der Waals surface area (Å²) in [5, 5.41) is 2.67. The van der Waals surface area contributed by atoms with Crippen LogP contribution in [0, 0.1) is 11.6 Å². The highest BCUT2D eigenvalue weighted by molar-refractivity contribution is 6.06. The molecule has 2 aromatic carbocycles. The number of halogens is 2. The predicted octanol–water partition coefficient (Wildman–Crippen LogP) is 3.58. The van der Waals surface area contributed by atoms with E-state index in [1.54, 1.807) is 7.05 Å². The van der Waals surface area contributed by atoms with E-state index in [-0.39, 0.29) is 11.1 Å². The Morgan fingerprint density at radius 2 is 1.64 bits per heavy atom. The Balaban J connectivity index is 1.97. The molecule has 0 unspecified atom stereocenters. The molecule has 1 heterocycles. The molecule has 126 valence electrons. The van der Waals surface area contributed by atoms with Gasteiger partial charge in [0, 0.05) is 36.1 Å². The van der Waals surface area contributed by atoms with Gasteiger partial charge in [0.15, 0.2) is 0 Å². The van der Waals surface area contributed by atoms with Crippen LogP contribution >= 0.6 is 0 Å². The van der Waals surface area contributed by atoms with Crippen molar-refractivity contribution in [3.8, 4) is 11.1 Å². The van der Waals surface area contributed by atoms with Crippen molar-refractivity contribution in [3.63, 3.8) is 0 Å². The summed E-state index contributed by atoms with van der Waals surface area (Å²) in [5.74, 6) is -1.38. The molecule has 6 heteroatoms. The highest BCUT2D eigenvalue weighted by Crippen LogP contribution is 2.29. The summed E-state index contributed by atoms with van der Waals surface area (Å²) in [6, 6.07) is 12.1. The molecule has 0 bridgehead atoms. The number of nitrogens with one attached hydrogen (secondary N) is 1. The van der Waals surface area contributed by atoms with Crippen molar-refractivity contribution >= 4 is 11.6 Å². The van der Waals surface area contributed by atoms with Crippen molar-refractivity contribution in [3.05, 3.63) is 88.3 Å². The number of pyridine rings is 1. The normalized spacial score (nSPS) is 10.5. The van der Waals surface area contributed by atoms with E-state index in [9.17, 15) is 18.4 Å². The molecular weight excluding hydrogens is 326 g/mol. The van der Waals surface area contributed by atoms with E-state index in [1.807, 2.05) is 0 Å². The monoisotopic (exact) mass is 340 g/mol. The van der Waals surface area contributed by atoms with E-state index < -0.39 is 17.5 Å². The third-order valence-electron chi connectivity index (χ3n) is 3.75. The van der Waals surface area contributed by atoms with Gasteiger partial charge in [0.05, 0.1) is 0 Å². The van der Waals surface area contributed by atoms with Gasteiger partial charge in [-0.2, -0.15) is 0 Å². The molecule has 0 aliphatic carbocycles. The molecule has 4 nitrogen and oxygen atoms in total. The van der Waals surface area contributed by atoms with Crippen LogP contribution in [0.2, 0.25) is 0 Å². The Hall–Kier alpha value is -3.28. The van der Waals surface area contributed by atoms with E-state index >= 15 is 0 Å². The molecule has 0 radical (unpaired) electrons. The topological polar surface area (TPSA) is 51.1 Å². The zero-order valence-corrected chi connectivity index (χ0v) is 13.3. The number of carbonyl (C=O) groups excluding carboxylic acids is 1. The Morgan fingerprint density at radius 3 is 2.32 bits per heavy atom. The van der Waals surface area contributed by atoms with Gasteiger partial charge in [0.2, 0.25) is 0 Å². The van der Waals surface area contributed by atoms with Crippen LogP contribution in [0.5, 0.6) is 0 Å². The van der Waals surface area contributed by atoms with Gasteiger partial charge in [0.25, 0.3) is 11.5 Å². The largest absolute Gasteiger partial charge is 0.321 e. The smallest absolute Gasteiger partial charge is 0.255 e. The first kappa shape index (κ1) is 16.6. The summed E-state index contributed by atoms with van der Waals surface area (Å²) in [6.45, 7) is 0. The second kappa shape index (κ2) is 6.68. The van der Waals surface area contributed by atoms with Gasteiger partial charge >= 0.3 is 0 Å². The maximum Gasteiger partial charge on any atom is 0.255 e. The zero-order valence-electron chi connectivity index (χ0n) is 13.3. The summed E-state index contributed by atoms with van der Waals surface area (Å²) < 4.78 is 28.1. The van der Waals surface area contributed by atoms with Gasteiger partial charge in [-0.25, -0.2) is 8.78 Å². The van der Waals surface area contributed by atoms with E-state index in [0.29, 0.717) is 16.8 Å². The number of aromatic nitrogens is 1. The fourth-order valence-electron chi connectivity index (χ4n) is 2.38. The van der Waals surface area contributed by atoms with Gasteiger partial charge in [-0.1, -0.05) is 12.1 Å². The van der Waals surface area contributed by atoms with Gasteiger partial charge in [-0.3, -0.25) is 9.59 Å². The predicted molar refractivity (Wildman–Crippen MR) is 91.4 cm³/mol. The van der Waals surface area contributed by atoms with Crippen molar-refractivity contribution in [1.82, 2.24) is 4.57 Å². The lowest BCUT2D eigenvalue weighted by Gasteiger charge is -2.12. The van der Waals surface area contributed by atoms with Crippen LogP contribution in [0.1, 0.15) is 10.4 Å². The van der Waals surface area contributed by atoms with Crippen molar-refractivity contribution in [2.75, 3.05) is 5.32 Å². The molecule has 0 aliphatic rings. The molecule has 0 aliphatic heterocycles. The van der Waals surface area contributed by atoms with Crippen LogP contribution in [0.15, 0.2) is 65.6 Å². The first-order valence-corrected chi connectivity index (χ1v) is 7.47. The van der Waals surface area contributed by atoms with Gasteiger partial charge < -0.3 is 9.88 Å². The number of rotatable bonds is 3. The Kier molecular flexibility index (Phi) is 4.43. The van der Waals surface area contributed by atoms with E-state index in [4.69, 9.17) is 0 Å². The van der Waals surface area contributed by atoms with Gasteiger partial charge in [-0.05, 0) is 42.0 Å². The van der Waals surface area contributed by atoms with Crippen LogP contribution in [0.4, 0.5) is 14.5 Å². The molecule has 0 atom stereocenters. The minimum atomic E-state index is -0.493. The third-order valence-corrected chi connectivity index (χ3v) is 3.75. The van der Waals surface area contributed by atoms with Crippen LogP contribution < -0.4 is 10.9 Å². The number of anilines is 1. The molecule has 0 saturated carbocycles. The fourth-order valence-corrected chi connectivity index (χ4v) is 2.38. The number of aryl methyl sites for hydroxylation is 1. The Bertz CT molecular complexity index is 995. The van der Waals surface area contributed by atoms with Gasteiger partial charge in [-0.15, -0.1) is 0 Å². The van der Waals surface area contributed by atoms with Crippen LogP contribution in [-0.4, -0.2) is 10.5 Å². The molecular formula is C19H14F2N2O2. The van der Waals surface area contributed by atoms with Gasteiger partial charge in [0.1, 0.15) is 11.6 Å². The molecule has 25 heavy (non-hydrogen) atoms. The lowest BCUT2D eigenvalue weighted by atomic mass is 10.0. The maximum absolute atomic E-state index is 13.6. The number of amides is 1. The van der Waals surface area contributed by atoms with Crippen LogP contribution in [0.3, 0.4) is 0 Å². The van der Waals surface area contributed by atoms with E-state index in [2.05, 4.69) is 5.32 Å². The Morgan fingerprint density at radius 1 is 0.960 bits per heavy atom. The van der Waals surface area contributed by atoms with Crippen molar-refractivity contribution in [1.29, 1.82) is 0 Å². The van der Waals surface area contributed by atoms with Crippen LogP contribution in [-0.2, 0) is 7.05 Å². The van der Waals surface area contributed by atoms with Crippen molar-refractivity contribution in [2.45, 2.75) is 0 Å². The first-order chi connectivity index (χ1) is 11.9. The summed E-state index contributed by atoms with van der Waals surface area (Å²) >= 11 is 0. The second-order valence-corrected chi connectivity index (χ2v) is 5.52. The summed E-state index contributed by atoms with van der Waals surface area (Å²) in [4.78, 5) is 24.0. The standard InChI is InChI=1S/C19H14F2N2O2/c1-23-9-8-13(10-18(23)24)19(25)22-17-7-6-15(21)11-16(17)12-2-4-14(20)5-3-12/h2-11H,1H3,(H,22,25). The molecule has 0 spiro atoms. The zero-order chi connectivity index (χ0) is 18.0. The minimum Gasteiger partial charge on any atom is -0.321 e. The number of hydrogen-bond acceptors (Lipinski definition) is 2. The maximum atomic E-state index is 13.6. The molecule has 0 fully saturated rings. The fraction of sp³-hybridized carbons (Fsp3) is 0.0526. The van der Waals surface area contributed by atoms with Crippen LogP contribution in [0.25, 0.3) is 11.1 Å². The highest BCUT2D eigenvalue weighted by Gasteiger charge is 2.12.